The van der Waals surface area contributed by atoms with E-state index in [9.17, 15) is 4.79 Å². The van der Waals surface area contributed by atoms with Gasteiger partial charge in [-0.25, -0.2) is 0 Å². The zero-order valence-electron chi connectivity index (χ0n) is 17.8. The van der Waals surface area contributed by atoms with Crippen molar-refractivity contribution in [3.05, 3.63) is 63.8 Å². The number of halogens is 1. The maximum absolute atomic E-state index is 11.2. The third-order valence-electron chi connectivity index (χ3n) is 4.75. The lowest BCUT2D eigenvalue weighted by Crippen LogP contribution is -2.00. The van der Waals surface area contributed by atoms with Crippen LogP contribution in [0.3, 0.4) is 0 Å². The molecule has 3 rings (SSSR count). The minimum Gasteiger partial charge on any atom is -0.488 e. The Bertz CT molecular complexity index is 908. The van der Waals surface area contributed by atoms with Crippen LogP contribution in [0.15, 0.2) is 51.6 Å². The minimum atomic E-state index is 0.384. The van der Waals surface area contributed by atoms with E-state index in [0.29, 0.717) is 23.8 Å². The van der Waals surface area contributed by atoms with Crippen molar-refractivity contribution in [1.82, 2.24) is 0 Å². The summed E-state index contributed by atoms with van der Waals surface area (Å²) in [5, 5.41) is 1.02. The van der Waals surface area contributed by atoms with Crippen molar-refractivity contribution >= 4 is 33.2 Å². The van der Waals surface area contributed by atoms with Crippen LogP contribution in [-0.2, 0) is 6.61 Å². The number of benzene rings is 2. The highest BCUT2D eigenvalue weighted by atomic mass is 79.9. The van der Waals surface area contributed by atoms with Crippen molar-refractivity contribution in [2.75, 3.05) is 0 Å². The topological polar surface area (TPSA) is 39.4 Å². The van der Waals surface area contributed by atoms with Crippen LogP contribution in [0, 0.1) is 0 Å². The number of carbonyl (C=O) groups is 1. The fourth-order valence-electron chi connectivity index (χ4n) is 2.97. The molecular weight excluding hydrogens is 428 g/mol. The molecule has 0 fully saturated rings. The molecule has 156 valence electrons. The number of hydrogen-bond acceptors (Lipinski definition) is 3. The molecular formula is C25H31BrO3. The molecule has 0 spiro atoms. The van der Waals surface area contributed by atoms with E-state index in [4.69, 9.17) is 9.15 Å². The number of ether oxygens (including phenoxy) is 1. The van der Waals surface area contributed by atoms with Crippen molar-refractivity contribution in [3.63, 3.8) is 0 Å². The third kappa shape index (κ3) is 6.74. The second-order valence-electron chi connectivity index (χ2n) is 7.48. The van der Waals surface area contributed by atoms with Crippen LogP contribution < -0.4 is 4.74 Å². The van der Waals surface area contributed by atoms with Gasteiger partial charge in [-0.1, -0.05) is 59.4 Å². The van der Waals surface area contributed by atoms with Gasteiger partial charge in [-0.15, -0.1) is 0 Å². The van der Waals surface area contributed by atoms with Gasteiger partial charge in [-0.2, -0.15) is 0 Å². The van der Waals surface area contributed by atoms with Crippen molar-refractivity contribution in [1.29, 1.82) is 0 Å². The first kappa shape index (κ1) is 23.2. The third-order valence-corrected chi connectivity index (χ3v) is 5.34. The number of hydrogen-bond donors (Lipinski definition) is 0. The van der Waals surface area contributed by atoms with Gasteiger partial charge in [0.15, 0.2) is 6.29 Å². The Balaban J connectivity index is 0.000000438. The summed E-state index contributed by atoms with van der Waals surface area (Å²) in [6.45, 7) is 9.08. The predicted molar refractivity (Wildman–Crippen MR) is 124 cm³/mol. The first-order valence-electron chi connectivity index (χ1n) is 10.4. The average molecular weight is 459 g/mol. The van der Waals surface area contributed by atoms with Crippen molar-refractivity contribution < 1.29 is 13.9 Å². The summed E-state index contributed by atoms with van der Waals surface area (Å²) in [5.74, 6) is 1.00. The van der Waals surface area contributed by atoms with Gasteiger partial charge >= 0.3 is 0 Å². The van der Waals surface area contributed by atoms with Gasteiger partial charge in [0.1, 0.15) is 17.9 Å². The summed E-state index contributed by atoms with van der Waals surface area (Å²) in [6, 6.07) is 11.6. The molecule has 0 aliphatic carbocycles. The molecule has 4 heteroatoms. The maximum atomic E-state index is 11.2. The van der Waals surface area contributed by atoms with E-state index in [-0.39, 0.29) is 0 Å². The molecule has 0 atom stereocenters. The molecule has 0 saturated carbocycles. The highest BCUT2D eigenvalue weighted by Crippen LogP contribution is 2.28. The Morgan fingerprint density at radius 3 is 2.41 bits per heavy atom. The second-order valence-corrected chi connectivity index (χ2v) is 8.34. The number of fused-ring (bicyclic) bond motifs is 1. The van der Waals surface area contributed by atoms with Gasteiger partial charge < -0.3 is 9.15 Å². The Hall–Kier alpha value is -2.07. The number of furan rings is 1. The molecule has 3 nitrogen and oxygen atoms in total. The monoisotopic (exact) mass is 458 g/mol. The number of unbranched alkanes of at least 4 members (excludes halogenated alkanes) is 3. The smallest absolute Gasteiger partial charge is 0.153 e. The van der Waals surface area contributed by atoms with Crippen LogP contribution >= 0.6 is 15.9 Å². The van der Waals surface area contributed by atoms with E-state index < -0.39 is 0 Å². The van der Waals surface area contributed by atoms with Crippen LogP contribution in [0.1, 0.15) is 80.8 Å². The Kier molecular flexibility index (Phi) is 9.46. The van der Waals surface area contributed by atoms with Gasteiger partial charge in [0.25, 0.3) is 0 Å². The Morgan fingerprint density at radius 2 is 1.79 bits per heavy atom. The Labute approximate surface area is 182 Å². The van der Waals surface area contributed by atoms with Crippen LogP contribution in [-0.4, -0.2) is 6.29 Å². The number of rotatable bonds is 8. The van der Waals surface area contributed by atoms with Gasteiger partial charge in [0.2, 0.25) is 0 Å². The molecule has 0 aliphatic rings. The molecule has 2 aromatic carbocycles. The molecule has 0 unspecified atom stereocenters. The van der Waals surface area contributed by atoms with E-state index in [0.717, 1.165) is 32.9 Å². The molecule has 29 heavy (non-hydrogen) atoms. The van der Waals surface area contributed by atoms with Crippen LogP contribution in [0.2, 0.25) is 0 Å². The molecule has 0 bridgehead atoms. The fraction of sp³-hybridized carbons (Fsp3) is 0.400. The summed E-state index contributed by atoms with van der Waals surface area (Å²) >= 11 is 3.51. The zero-order valence-corrected chi connectivity index (χ0v) is 19.4. The zero-order chi connectivity index (χ0) is 21.2. The summed E-state index contributed by atoms with van der Waals surface area (Å²) in [7, 11) is 0. The summed E-state index contributed by atoms with van der Waals surface area (Å²) in [4.78, 5) is 11.2. The summed E-state index contributed by atoms with van der Waals surface area (Å²) in [5.41, 5.74) is 3.55. The number of carbonyl (C=O) groups excluding carboxylic acids is 1. The van der Waals surface area contributed by atoms with E-state index in [1.165, 1.54) is 25.7 Å². The molecule has 0 amide bonds. The van der Waals surface area contributed by atoms with Crippen molar-refractivity contribution in [2.45, 2.75) is 65.9 Å². The van der Waals surface area contributed by atoms with E-state index in [1.54, 1.807) is 6.26 Å². The molecule has 1 heterocycles. The molecule has 0 aliphatic heterocycles. The first-order valence-corrected chi connectivity index (χ1v) is 11.2. The molecule has 3 aromatic rings. The quantitative estimate of drug-likeness (QED) is 0.251. The highest BCUT2D eigenvalue weighted by molar-refractivity contribution is 9.10. The normalized spacial score (nSPS) is 10.7. The van der Waals surface area contributed by atoms with Crippen LogP contribution in [0.5, 0.6) is 5.75 Å². The maximum Gasteiger partial charge on any atom is 0.153 e. The SMILES string of the molecule is CC(C)c1ccc(C=O)c(OCc2cc(Br)c3occc3c2)c1.CCCCCC. The second kappa shape index (κ2) is 11.8. The van der Waals surface area contributed by atoms with Crippen LogP contribution in [0.4, 0.5) is 0 Å². The lowest BCUT2D eigenvalue weighted by molar-refractivity contribution is 0.111. The summed E-state index contributed by atoms with van der Waals surface area (Å²) < 4.78 is 12.2. The standard InChI is InChI=1S/C19H17BrO3.C6H14/c1-12(2)14-3-4-16(10-21)18(9-14)23-11-13-7-15-5-6-22-19(15)17(20)8-13;1-3-5-6-4-2/h3-10,12H,11H2,1-2H3;3-6H2,1-2H3. The van der Waals surface area contributed by atoms with Gasteiger partial charge in [-0.3, -0.25) is 4.79 Å². The van der Waals surface area contributed by atoms with E-state index in [1.807, 2.05) is 36.4 Å². The lowest BCUT2D eigenvalue weighted by atomic mass is 10.0. The molecule has 0 radical (unpaired) electrons. The van der Waals surface area contributed by atoms with Crippen LogP contribution in [0.25, 0.3) is 11.0 Å². The summed E-state index contributed by atoms with van der Waals surface area (Å²) in [6.07, 6.45) is 8.03. The fourth-order valence-corrected chi connectivity index (χ4v) is 3.59. The number of aldehydes is 1. The first-order chi connectivity index (χ1) is 14.0. The molecule has 0 saturated heterocycles. The predicted octanol–water partition coefficient (Wildman–Crippen LogP) is 8.30. The largest absolute Gasteiger partial charge is 0.488 e. The van der Waals surface area contributed by atoms with Crippen molar-refractivity contribution in [3.8, 4) is 5.75 Å². The Morgan fingerprint density at radius 1 is 1.07 bits per heavy atom. The van der Waals surface area contributed by atoms with Crippen molar-refractivity contribution in [2.24, 2.45) is 0 Å². The molecule has 1 aromatic heterocycles. The lowest BCUT2D eigenvalue weighted by Gasteiger charge is -2.12. The average Bonchev–Trinajstić information content (AvgIpc) is 3.20. The minimum absolute atomic E-state index is 0.384. The van der Waals surface area contributed by atoms with Gasteiger partial charge in [0.05, 0.1) is 16.3 Å². The van der Waals surface area contributed by atoms with Gasteiger partial charge in [0, 0.05) is 5.39 Å². The molecule has 0 N–H and O–H groups in total. The van der Waals surface area contributed by atoms with E-state index in [2.05, 4.69) is 43.6 Å². The highest BCUT2D eigenvalue weighted by Gasteiger charge is 2.09. The van der Waals surface area contributed by atoms with Gasteiger partial charge in [-0.05, 0) is 63.3 Å². The van der Waals surface area contributed by atoms with E-state index >= 15 is 0 Å².